The molecule has 0 spiro atoms. The van der Waals surface area contributed by atoms with Gasteiger partial charge in [-0.05, 0) is 57.9 Å². The van der Waals surface area contributed by atoms with E-state index in [0.29, 0.717) is 0 Å². The molecule has 0 aliphatic rings. The van der Waals surface area contributed by atoms with Crippen LogP contribution in [-0.4, -0.2) is 16.7 Å². The highest BCUT2D eigenvalue weighted by Gasteiger charge is 2.22. The van der Waals surface area contributed by atoms with Crippen molar-refractivity contribution in [2.45, 2.75) is 46.3 Å². The van der Waals surface area contributed by atoms with Gasteiger partial charge in [0, 0.05) is 10.2 Å². The molecule has 0 radical (unpaired) electrons. The molecule has 0 amide bonds. The number of rotatable bonds is 3. The van der Waals surface area contributed by atoms with Gasteiger partial charge in [-0.15, -0.1) is 0 Å². The van der Waals surface area contributed by atoms with Crippen LogP contribution in [0.3, 0.4) is 0 Å². The van der Waals surface area contributed by atoms with E-state index in [2.05, 4.69) is 47.2 Å². The zero-order chi connectivity index (χ0) is 12.5. The average molecular weight is 286 g/mol. The Bertz CT molecular complexity index is 359. The number of nitrogens with one attached hydrogen (secondary N) is 1. The summed E-state index contributed by atoms with van der Waals surface area (Å²) in [6.07, 6.45) is 0. The number of aryl methyl sites for hydroxylation is 2. The first kappa shape index (κ1) is 13.5. The van der Waals surface area contributed by atoms with Crippen molar-refractivity contribution in [3.63, 3.8) is 0 Å². The molecule has 0 heterocycles. The third-order valence-electron chi connectivity index (χ3n) is 2.92. The van der Waals surface area contributed by atoms with Crippen molar-refractivity contribution in [1.29, 1.82) is 0 Å². The summed E-state index contributed by atoms with van der Waals surface area (Å²) in [5, 5.41) is 13.3. The Kier molecular flexibility index (Phi) is 4.02. The second-order valence-corrected chi connectivity index (χ2v) is 5.85. The Morgan fingerprint density at radius 1 is 1.25 bits per heavy atom. The van der Waals surface area contributed by atoms with Crippen LogP contribution in [-0.2, 0) is 0 Å². The lowest BCUT2D eigenvalue weighted by molar-refractivity contribution is 0.0649. The summed E-state index contributed by atoms with van der Waals surface area (Å²) in [4.78, 5) is 0. The molecule has 90 valence electrons. The van der Waals surface area contributed by atoms with Gasteiger partial charge in [-0.2, -0.15) is 0 Å². The third kappa shape index (κ3) is 3.22. The quantitative estimate of drug-likeness (QED) is 0.889. The van der Waals surface area contributed by atoms with Crippen LogP contribution in [0.4, 0.5) is 5.69 Å². The summed E-state index contributed by atoms with van der Waals surface area (Å²) in [6, 6.07) is 4.16. The lowest BCUT2D eigenvalue weighted by Crippen LogP contribution is -2.39. The van der Waals surface area contributed by atoms with E-state index in [1.165, 1.54) is 11.1 Å². The maximum absolute atomic E-state index is 9.91. The highest BCUT2D eigenvalue weighted by molar-refractivity contribution is 9.10. The van der Waals surface area contributed by atoms with Crippen molar-refractivity contribution in [3.05, 3.63) is 27.7 Å². The monoisotopic (exact) mass is 285 g/mol. The number of hydrogen-bond donors (Lipinski definition) is 2. The van der Waals surface area contributed by atoms with Crippen LogP contribution >= 0.6 is 15.9 Å². The first-order chi connectivity index (χ1) is 7.21. The van der Waals surface area contributed by atoms with E-state index >= 15 is 0 Å². The van der Waals surface area contributed by atoms with Crippen molar-refractivity contribution < 1.29 is 5.11 Å². The van der Waals surface area contributed by atoms with Crippen molar-refractivity contribution in [1.82, 2.24) is 0 Å². The van der Waals surface area contributed by atoms with Crippen LogP contribution < -0.4 is 5.32 Å². The van der Waals surface area contributed by atoms with Gasteiger partial charge in [0.1, 0.15) is 0 Å². The molecule has 1 atom stereocenters. The largest absolute Gasteiger partial charge is 0.388 e. The highest BCUT2D eigenvalue weighted by atomic mass is 79.9. The third-order valence-corrected chi connectivity index (χ3v) is 3.38. The molecule has 16 heavy (non-hydrogen) atoms. The van der Waals surface area contributed by atoms with Crippen molar-refractivity contribution in [2.75, 3.05) is 5.32 Å². The van der Waals surface area contributed by atoms with Gasteiger partial charge >= 0.3 is 0 Å². The first-order valence-electron chi connectivity index (χ1n) is 5.47. The molecule has 0 aromatic heterocycles. The maximum atomic E-state index is 9.91. The molecule has 2 nitrogen and oxygen atoms in total. The van der Waals surface area contributed by atoms with Crippen LogP contribution in [0.15, 0.2) is 16.6 Å². The summed E-state index contributed by atoms with van der Waals surface area (Å²) in [5.74, 6) is 0. The van der Waals surface area contributed by atoms with Crippen molar-refractivity contribution in [3.8, 4) is 0 Å². The molecule has 0 saturated carbocycles. The van der Waals surface area contributed by atoms with Gasteiger partial charge in [0.25, 0.3) is 0 Å². The number of halogens is 1. The van der Waals surface area contributed by atoms with Gasteiger partial charge in [0.2, 0.25) is 0 Å². The number of aliphatic hydroxyl groups is 1. The van der Waals surface area contributed by atoms with Gasteiger partial charge in [-0.3, -0.25) is 0 Å². The van der Waals surface area contributed by atoms with Crippen molar-refractivity contribution in [2.24, 2.45) is 0 Å². The smallest absolute Gasteiger partial charge is 0.0789 e. The van der Waals surface area contributed by atoms with Gasteiger partial charge in [0.05, 0.1) is 11.6 Å². The molecule has 0 aliphatic heterocycles. The van der Waals surface area contributed by atoms with Crippen LogP contribution in [0.1, 0.15) is 31.9 Å². The van der Waals surface area contributed by atoms with Gasteiger partial charge in [-0.25, -0.2) is 0 Å². The minimum atomic E-state index is -0.730. The molecule has 3 heteroatoms. The molecule has 1 rings (SSSR count). The molecule has 2 N–H and O–H groups in total. The number of anilines is 1. The minimum absolute atomic E-state index is 0.00563. The fourth-order valence-electron chi connectivity index (χ4n) is 1.53. The molecule has 0 aliphatic carbocycles. The highest BCUT2D eigenvalue weighted by Crippen LogP contribution is 2.27. The molecule has 1 aromatic carbocycles. The molecule has 0 saturated heterocycles. The van der Waals surface area contributed by atoms with Gasteiger partial charge in [0.15, 0.2) is 0 Å². The molecule has 0 bridgehead atoms. The normalized spacial score (nSPS) is 13.7. The summed E-state index contributed by atoms with van der Waals surface area (Å²) >= 11 is 3.48. The Morgan fingerprint density at radius 3 is 2.06 bits per heavy atom. The van der Waals surface area contributed by atoms with E-state index in [1.54, 1.807) is 0 Å². The molecule has 0 fully saturated rings. The summed E-state index contributed by atoms with van der Waals surface area (Å²) in [7, 11) is 0. The predicted octanol–water partition coefficient (Wildman–Crippen LogP) is 3.64. The maximum Gasteiger partial charge on any atom is 0.0789 e. The van der Waals surface area contributed by atoms with Gasteiger partial charge < -0.3 is 10.4 Å². The zero-order valence-electron chi connectivity index (χ0n) is 10.6. The standard InChI is InChI=1S/C13H20BrNO/c1-8-6-11(14)7-9(2)12(8)15-10(3)13(4,5)16/h6-7,10,15-16H,1-5H3. The fraction of sp³-hybridized carbons (Fsp3) is 0.538. The predicted molar refractivity (Wildman–Crippen MR) is 73.0 cm³/mol. The SMILES string of the molecule is Cc1cc(Br)cc(C)c1NC(C)C(C)(C)O. The number of benzene rings is 1. The molecular formula is C13H20BrNO. The van der Waals surface area contributed by atoms with E-state index in [4.69, 9.17) is 0 Å². The van der Waals surface area contributed by atoms with E-state index < -0.39 is 5.60 Å². The second-order valence-electron chi connectivity index (χ2n) is 4.93. The van der Waals surface area contributed by atoms with E-state index in [-0.39, 0.29) is 6.04 Å². The van der Waals surface area contributed by atoms with Crippen LogP contribution in [0.5, 0.6) is 0 Å². The van der Waals surface area contributed by atoms with Crippen LogP contribution in [0.2, 0.25) is 0 Å². The molecular weight excluding hydrogens is 266 g/mol. The lowest BCUT2D eigenvalue weighted by atomic mass is 9.99. The lowest BCUT2D eigenvalue weighted by Gasteiger charge is -2.29. The average Bonchev–Trinajstić information content (AvgIpc) is 2.08. The fourth-order valence-corrected chi connectivity index (χ4v) is 2.22. The van der Waals surface area contributed by atoms with Crippen LogP contribution in [0, 0.1) is 13.8 Å². The summed E-state index contributed by atoms with van der Waals surface area (Å²) < 4.78 is 1.09. The first-order valence-corrected chi connectivity index (χ1v) is 6.26. The van der Waals surface area contributed by atoms with Gasteiger partial charge in [-0.1, -0.05) is 15.9 Å². The topological polar surface area (TPSA) is 32.3 Å². The minimum Gasteiger partial charge on any atom is -0.388 e. The Balaban J connectivity index is 2.98. The Hall–Kier alpha value is -0.540. The van der Waals surface area contributed by atoms with Crippen LogP contribution in [0.25, 0.3) is 0 Å². The van der Waals surface area contributed by atoms with Crippen molar-refractivity contribution >= 4 is 21.6 Å². The van der Waals surface area contributed by atoms with E-state index in [0.717, 1.165) is 10.2 Å². The van der Waals surface area contributed by atoms with E-state index in [1.807, 2.05) is 20.8 Å². The Morgan fingerprint density at radius 2 is 1.69 bits per heavy atom. The van der Waals surface area contributed by atoms with E-state index in [9.17, 15) is 5.11 Å². The summed E-state index contributed by atoms with van der Waals surface area (Å²) in [5.41, 5.74) is 2.75. The molecule has 1 aromatic rings. The second kappa shape index (κ2) is 4.76. The summed E-state index contributed by atoms with van der Waals surface area (Å²) in [6.45, 7) is 9.75. The zero-order valence-corrected chi connectivity index (χ0v) is 12.1. The Labute approximate surface area is 106 Å². The number of hydrogen-bond acceptors (Lipinski definition) is 2. The molecule has 1 unspecified atom stereocenters.